The number of amides is 2. The first-order valence-electron chi connectivity index (χ1n) is 12.0. The van der Waals surface area contributed by atoms with Crippen molar-refractivity contribution in [2.24, 2.45) is 0 Å². The molecule has 0 spiro atoms. The van der Waals surface area contributed by atoms with Crippen LogP contribution in [0.3, 0.4) is 0 Å². The molecule has 3 rings (SSSR count). The molecule has 0 saturated carbocycles. The maximum atomic E-state index is 13.0. The van der Waals surface area contributed by atoms with Crippen LogP contribution >= 0.6 is 0 Å². The molecule has 1 heterocycles. The third kappa shape index (κ3) is 8.97. The molecular weight excluding hydrogens is 495 g/mol. The van der Waals surface area contributed by atoms with Crippen LogP contribution in [0.4, 0.5) is 41.1 Å². The number of halogens is 3. The first-order valence-corrected chi connectivity index (χ1v) is 12.0. The first-order chi connectivity index (χ1) is 18.1. The number of carbonyl (C=O) groups excluding carboxylic acids is 1. The average molecular weight is 526 g/mol. The Balaban J connectivity index is 1.65. The lowest BCUT2D eigenvalue weighted by molar-refractivity contribution is -0.137. The minimum Gasteiger partial charge on any atom is -0.369 e. The summed E-state index contributed by atoms with van der Waals surface area (Å²) in [7, 11) is 1.88. The van der Waals surface area contributed by atoms with Crippen LogP contribution in [0.2, 0.25) is 0 Å². The molecule has 0 aliphatic carbocycles. The van der Waals surface area contributed by atoms with Crippen molar-refractivity contribution in [3.8, 4) is 11.8 Å². The fourth-order valence-electron chi connectivity index (χ4n) is 3.45. The van der Waals surface area contributed by atoms with Gasteiger partial charge in [0.05, 0.1) is 23.9 Å². The molecule has 2 aromatic carbocycles. The van der Waals surface area contributed by atoms with Crippen molar-refractivity contribution in [3.05, 3.63) is 70.9 Å². The summed E-state index contributed by atoms with van der Waals surface area (Å²) < 4.78 is 39.1. The first kappa shape index (κ1) is 28.3. The van der Waals surface area contributed by atoms with Gasteiger partial charge in [-0.05, 0) is 75.3 Å². The molecule has 0 fully saturated rings. The topological polar surface area (TPSA) is 103 Å². The smallest absolute Gasteiger partial charge is 0.369 e. The van der Waals surface area contributed by atoms with Crippen molar-refractivity contribution in [2.45, 2.75) is 26.4 Å². The van der Waals surface area contributed by atoms with Gasteiger partial charge in [0.2, 0.25) is 5.95 Å². The second-order valence-electron chi connectivity index (χ2n) is 8.53. The molecule has 8 nitrogen and oxygen atoms in total. The van der Waals surface area contributed by atoms with E-state index in [-0.39, 0.29) is 12.2 Å². The molecule has 0 bridgehead atoms. The van der Waals surface area contributed by atoms with Crippen molar-refractivity contribution in [3.63, 3.8) is 0 Å². The van der Waals surface area contributed by atoms with Gasteiger partial charge in [-0.25, -0.2) is 9.78 Å². The highest BCUT2D eigenvalue weighted by atomic mass is 19.4. The number of nitrogens with zero attached hydrogens (tertiary/aromatic N) is 2. The molecule has 0 aliphatic heterocycles. The maximum absolute atomic E-state index is 13.0. The molecule has 11 heteroatoms. The van der Waals surface area contributed by atoms with Gasteiger partial charge in [0.15, 0.2) is 0 Å². The molecule has 0 unspecified atom stereocenters. The van der Waals surface area contributed by atoms with Crippen LogP contribution < -0.4 is 26.6 Å². The molecule has 0 atom stereocenters. The second-order valence-corrected chi connectivity index (χ2v) is 8.53. The molecule has 1 aromatic heterocycles. The Morgan fingerprint density at radius 2 is 1.82 bits per heavy atom. The van der Waals surface area contributed by atoms with Crippen LogP contribution in [0.15, 0.2) is 48.7 Å². The number of alkyl halides is 3. The van der Waals surface area contributed by atoms with E-state index in [1.54, 1.807) is 6.20 Å². The summed E-state index contributed by atoms with van der Waals surface area (Å²) in [5.41, 5.74) is 2.09. The highest BCUT2D eigenvalue weighted by molar-refractivity contribution is 5.89. The SMILES string of the molecule is CNCCCNc1nc(Nc2cccc(C)c2)ncc1C#CCNC(=O)Nc1cc(C)cc(C(F)(F)F)c1. The number of anilines is 4. The minimum absolute atomic E-state index is 0.0355. The lowest BCUT2D eigenvalue weighted by atomic mass is 10.1. The van der Waals surface area contributed by atoms with Gasteiger partial charge < -0.3 is 26.6 Å². The van der Waals surface area contributed by atoms with E-state index in [1.807, 2.05) is 38.2 Å². The lowest BCUT2D eigenvalue weighted by Crippen LogP contribution is -2.29. The molecule has 0 aliphatic rings. The van der Waals surface area contributed by atoms with Crippen molar-refractivity contribution in [2.75, 3.05) is 42.6 Å². The number of urea groups is 1. The Labute approximate surface area is 219 Å². The Bertz CT molecular complexity index is 1320. The van der Waals surface area contributed by atoms with E-state index < -0.39 is 17.8 Å². The van der Waals surface area contributed by atoms with Gasteiger partial charge in [-0.3, -0.25) is 0 Å². The van der Waals surface area contributed by atoms with E-state index in [0.717, 1.165) is 36.3 Å². The maximum Gasteiger partial charge on any atom is 0.416 e. The number of benzene rings is 2. The number of rotatable bonds is 9. The number of aryl methyl sites for hydroxylation is 2. The van der Waals surface area contributed by atoms with Crippen LogP contribution in [-0.2, 0) is 6.18 Å². The molecule has 0 radical (unpaired) electrons. The predicted molar refractivity (Wildman–Crippen MR) is 144 cm³/mol. The Morgan fingerprint density at radius 3 is 2.55 bits per heavy atom. The van der Waals surface area contributed by atoms with Crippen LogP contribution in [0.25, 0.3) is 0 Å². The highest BCUT2D eigenvalue weighted by Crippen LogP contribution is 2.31. The van der Waals surface area contributed by atoms with E-state index in [4.69, 9.17) is 0 Å². The van der Waals surface area contributed by atoms with Gasteiger partial charge in [0.25, 0.3) is 0 Å². The van der Waals surface area contributed by atoms with Gasteiger partial charge in [-0.2, -0.15) is 18.2 Å². The Hall–Kier alpha value is -4.30. The van der Waals surface area contributed by atoms with E-state index in [1.165, 1.54) is 13.0 Å². The summed E-state index contributed by atoms with van der Waals surface area (Å²) in [6.45, 7) is 4.98. The molecule has 38 heavy (non-hydrogen) atoms. The second kappa shape index (κ2) is 13.3. The zero-order valence-electron chi connectivity index (χ0n) is 21.4. The number of nitrogens with one attached hydrogen (secondary N) is 5. The summed E-state index contributed by atoms with van der Waals surface area (Å²) in [4.78, 5) is 21.1. The summed E-state index contributed by atoms with van der Waals surface area (Å²) in [6, 6.07) is 10.5. The lowest BCUT2D eigenvalue weighted by Gasteiger charge is -2.12. The average Bonchev–Trinajstić information content (AvgIpc) is 2.84. The van der Waals surface area contributed by atoms with Crippen molar-refractivity contribution >= 4 is 29.2 Å². The number of aromatic nitrogens is 2. The van der Waals surface area contributed by atoms with Crippen LogP contribution in [0.5, 0.6) is 0 Å². The summed E-state index contributed by atoms with van der Waals surface area (Å²) in [6.07, 6.45) is -2.05. The highest BCUT2D eigenvalue weighted by Gasteiger charge is 2.31. The predicted octanol–water partition coefficient (Wildman–Crippen LogP) is 5.05. The Morgan fingerprint density at radius 1 is 1.03 bits per heavy atom. The number of hydrogen-bond acceptors (Lipinski definition) is 6. The Kier molecular flexibility index (Phi) is 9.90. The standard InChI is InChI=1S/C27H30F3N7O/c1-18-7-4-9-22(14-18)35-25-34-17-20(24(37-25)32-12-6-10-31-3)8-5-11-33-26(38)36-23-15-19(2)13-21(16-23)27(28,29)30/h4,7,9,13-17,31H,6,10-12H2,1-3H3,(H2,33,36,38)(H2,32,34,35,37). The van der Waals surface area contributed by atoms with Crippen molar-refractivity contribution in [1.82, 2.24) is 20.6 Å². The van der Waals surface area contributed by atoms with E-state index in [0.29, 0.717) is 29.4 Å². The fourth-order valence-corrected chi connectivity index (χ4v) is 3.45. The zero-order chi connectivity index (χ0) is 27.5. The van der Waals surface area contributed by atoms with Crippen LogP contribution in [-0.4, -0.2) is 42.7 Å². The zero-order valence-corrected chi connectivity index (χ0v) is 21.4. The quantitative estimate of drug-likeness (QED) is 0.198. The molecule has 2 amide bonds. The fraction of sp³-hybridized carbons (Fsp3) is 0.296. The third-order valence-corrected chi connectivity index (χ3v) is 5.18. The van der Waals surface area contributed by atoms with E-state index in [9.17, 15) is 18.0 Å². The summed E-state index contributed by atoms with van der Waals surface area (Å²) in [5.74, 6) is 6.72. The number of carbonyl (C=O) groups is 1. The summed E-state index contributed by atoms with van der Waals surface area (Å²) in [5, 5.41) is 14.5. The van der Waals surface area contributed by atoms with Gasteiger partial charge in [0.1, 0.15) is 5.82 Å². The van der Waals surface area contributed by atoms with Gasteiger partial charge in [-0.15, -0.1) is 0 Å². The third-order valence-electron chi connectivity index (χ3n) is 5.18. The normalized spacial score (nSPS) is 10.8. The molecular formula is C27H30F3N7O. The van der Waals surface area contributed by atoms with E-state index in [2.05, 4.69) is 48.4 Å². The largest absolute Gasteiger partial charge is 0.416 e. The molecule has 5 N–H and O–H groups in total. The van der Waals surface area contributed by atoms with Gasteiger partial charge >= 0.3 is 12.2 Å². The van der Waals surface area contributed by atoms with Crippen molar-refractivity contribution in [1.29, 1.82) is 0 Å². The monoisotopic (exact) mass is 525 g/mol. The summed E-state index contributed by atoms with van der Waals surface area (Å²) >= 11 is 0. The van der Waals surface area contributed by atoms with E-state index >= 15 is 0 Å². The molecule has 3 aromatic rings. The number of hydrogen-bond donors (Lipinski definition) is 5. The van der Waals surface area contributed by atoms with Crippen LogP contribution in [0.1, 0.15) is 28.7 Å². The van der Waals surface area contributed by atoms with Gasteiger partial charge in [-0.1, -0.05) is 24.0 Å². The van der Waals surface area contributed by atoms with Gasteiger partial charge in [0, 0.05) is 17.9 Å². The molecule has 200 valence electrons. The molecule has 0 saturated heterocycles. The minimum atomic E-state index is -4.50. The van der Waals surface area contributed by atoms with Crippen LogP contribution in [0, 0.1) is 25.7 Å². The van der Waals surface area contributed by atoms with Crippen molar-refractivity contribution < 1.29 is 18.0 Å².